The Labute approximate surface area is 190 Å². The van der Waals surface area contributed by atoms with Crippen LogP contribution in [-0.4, -0.2) is 30.3 Å². The molecule has 0 atom stereocenters. The van der Waals surface area contributed by atoms with Crippen molar-refractivity contribution in [2.75, 3.05) is 13.1 Å². The van der Waals surface area contributed by atoms with Crippen molar-refractivity contribution in [1.82, 2.24) is 4.90 Å². The van der Waals surface area contributed by atoms with Crippen molar-refractivity contribution in [3.8, 4) is 11.5 Å². The smallest absolute Gasteiger partial charge is 0.488 e. The molecule has 0 bridgehead atoms. The topological polar surface area (TPSA) is 64.8 Å². The van der Waals surface area contributed by atoms with Crippen molar-refractivity contribution in [1.29, 1.82) is 0 Å². The zero-order valence-corrected chi connectivity index (χ0v) is 17.9. The van der Waals surface area contributed by atoms with Crippen LogP contribution < -0.4 is 15.2 Å². The first kappa shape index (κ1) is 24.1. The molecule has 0 aliphatic heterocycles. The minimum Gasteiger partial charge on any atom is -0.488 e. The number of para-hydroxylation sites is 1. The van der Waals surface area contributed by atoms with Gasteiger partial charge in [0.25, 0.3) is 5.91 Å². The fraction of sp³-hybridized carbons (Fsp3) is 0.240. The van der Waals surface area contributed by atoms with Crippen LogP contribution in [0.2, 0.25) is 0 Å². The zero-order valence-electron chi connectivity index (χ0n) is 17.9. The van der Waals surface area contributed by atoms with E-state index in [-0.39, 0.29) is 18.2 Å². The van der Waals surface area contributed by atoms with E-state index in [1.807, 2.05) is 30.3 Å². The number of amides is 1. The molecule has 3 aromatic rings. The maximum Gasteiger partial charge on any atom is 0.573 e. The number of ether oxygens (including phenoxy) is 2. The van der Waals surface area contributed by atoms with E-state index in [4.69, 9.17) is 10.5 Å². The normalized spacial score (nSPS) is 11.2. The highest BCUT2D eigenvalue weighted by Crippen LogP contribution is 2.25. The van der Waals surface area contributed by atoms with Crippen LogP contribution in [0.5, 0.6) is 11.5 Å². The molecule has 0 saturated heterocycles. The maximum absolute atomic E-state index is 13.4. The largest absolute Gasteiger partial charge is 0.573 e. The van der Waals surface area contributed by atoms with Crippen molar-refractivity contribution in [2.45, 2.75) is 25.9 Å². The highest BCUT2D eigenvalue weighted by molar-refractivity contribution is 5.96. The molecule has 0 aliphatic rings. The van der Waals surface area contributed by atoms with Crippen molar-refractivity contribution >= 4 is 5.91 Å². The van der Waals surface area contributed by atoms with Gasteiger partial charge < -0.3 is 20.1 Å². The van der Waals surface area contributed by atoms with Gasteiger partial charge in [0, 0.05) is 13.1 Å². The summed E-state index contributed by atoms with van der Waals surface area (Å²) in [5, 5.41) is 0. The van der Waals surface area contributed by atoms with E-state index in [2.05, 4.69) is 4.74 Å². The monoisotopic (exact) mass is 458 g/mol. The van der Waals surface area contributed by atoms with Gasteiger partial charge in [0.1, 0.15) is 18.1 Å². The van der Waals surface area contributed by atoms with Crippen molar-refractivity contribution < 1.29 is 27.4 Å². The number of benzene rings is 3. The lowest BCUT2D eigenvalue weighted by atomic mass is 10.1. The molecule has 3 aromatic carbocycles. The molecule has 33 heavy (non-hydrogen) atoms. The van der Waals surface area contributed by atoms with Crippen LogP contribution >= 0.6 is 0 Å². The van der Waals surface area contributed by atoms with Crippen LogP contribution in [0.3, 0.4) is 0 Å². The van der Waals surface area contributed by atoms with E-state index in [0.29, 0.717) is 43.0 Å². The first-order valence-electron chi connectivity index (χ1n) is 10.5. The minimum atomic E-state index is -4.76. The number of rotatable bonds is 10. The second-order valence-corrected chi connectivity index (χ2v) is 7.33. The summed E-state index contributed by atoms with van der Waals surface area (Å²) in [6.07, 6.45) is -4.18. The third kappa shape index (κ3) is 7.54. The van der Waals surface area contributed by atoms with Crippen LogP contribution in [0.4, 0.5) is 13.2 Å². The van der Waals surface area contributed by atoms with Crippen molar-refractivity contribution in [2.24, 2.45) is 5.73 Å². The average Bonchev–Trinajstić information content (AvgIpc) is 2.81. The molecule has 8 heteroatoms. The molecule has 0 saturated carbocycles. The number of carbonyl (C=O) groups is 1. The van der Waals surface area contributed by atoms with Gasteiger partial charge >= 0.3 is 6.36 Å². The Morgan fingerprint density at radius 2 is 1.55 bits per heavy atom. The number of nitrogens with zero attached hydrogens (tertiary/aromatic N) is 1. The number of halogens is 3. The van der Waals surface area contributed by atoms with Gasteiger partial charge in [0.05, 0.1) is 5.56 Å². The standard InChI is InChI=1S/C25H25F3N2O3/c26-25(27,28)33-21-13-11-19(12-14-21)17-30(16-6-15-29)24(31)22-9-4-5-10-23(22)32-18-20-7-2-1-3-8-20/h1-5,7-14H,6,15-18,29H2. The summed E-state index contributed by atoms with van der Waals surface area (Å²) in [6, 6.07) is 22.0. The van der Waals surface area contributed by atoms with Gasteiger partial charge in [0.15, 0.2) is 0 Å². The number of alkyl halides is 3. The Bertz CT molecular complexity index is 1030. The summed E-state index contributed by atoms with van der Waals surface area (Å²) in [5.41, 5.74) is 7.69. The Morgan fingerprint density at radius 3 is 2.21 bits per heavy atom. The van der Waals surface area contributed by atoms with Gasteiger partial charge in [-0.25, -0.2) is 0 Å². The third-order valence-electron chi connectivity index (χ3n) is 4.80. The van der Waals surface area contributed by atoms with Gasteiger partial charge in [-0.05, 0) is 48.4 Å². The number of carbonyl (C=O) groups excluding carboxylic acids is 1. The summed E-state index contributed by atoms with van der Waals surface area (Å²) in [4.78, 5) is 15.0. The van der Waals surface area contributed by atoms with Crippen LogP contribution in [0.25, 0.3) is 0 Å². The molecule has 1 amide bonds. The fourth-order valence-corrected chi connectivity index (χ4v) is 3.23. The molecule has 0 unspecified atom stereocenters. The van der Waals surface area contributed by atoms with Crippen LogP contribution in [-0.2, 0) is 13.2 Å². The highest BCUT2D eigenvalue weighted by Gasteiger charge is 2.31. The Balaban J connectivity index is 1.75. The van der Waals surface area contributed by atoms with Gasteiger partial charge in [0.2, 0.25) is 0 Å². The second kappa shape index (κ2) is 11.4. The van der Waals surface area contributed by atoms with E-state index in [1.54, 1.807) is 29.2 Å². The van der Waals surface area contributed by atoms with Crippen molar-refractivity contribution in [3.05, 3.63) is 95.6 Å². The van der Waals surface area contributed by atoms with E-state index in [1.165, 1.54) is 24.3 Å². The maximum atomic E-state index is 13.4. The van der Waals surface area contributed by atoms with Crippen LogP contribution in [0.1, 0.15) is 27.9 Å². The highest BCUT2D eigenvalue weighted by atomic mass is 19.4. The molecule has 0 fully saturated rings. The first-order chi connectivity index (χ1) is 15.9. The van der Waals surface area contributed by atoms with Crippen LogP contribution in [0, 0.1) is 0 Å². The van der Waals surface area contributed by atoms with E-state index in [9.17, 15) is 18.0 Å². The second-order valence-electron chi connectivity index (χ2n) is 7.33. The SMILES string of the molecule is NCCCN(Cc1ccc(OC(F)(F)F)cc1)C(=O)c1ccccc1OCc1ccccc1. The molecule has 0 aliphatic carbocycles. The summed E-state index contributed by atoms with van der Waals surface area (Å²) < 4.78 is 47.0. The summed E-state index contributed by atoms with van der Waals surface area (Å²) in [5.74, 6) is -0.105. The first-order valence-corrected chi connectivity index (χ1v) is 10.5. The Kier molecular flexibility index (Phi) is 8.32. The van der Waals surface area contributed by atoms with Gasteiger partial charge in [-0.2, -0.15) is 0 Å². The number of hydrogen-bond acceptors (Lipinski definition) is 4. The van der Waals surface area contributed by atoms with E-state index in [0.717, 1.165) is 5.56 Å². The van der Waals surface area contributed by atoms with Gasteiger partial charge in [-0.1, -0.05) is 54.6 Å². The average molecular weight is 458 g/mol. The lowest BCUT2D eigenvalue weighted by molar-refractivity contribution is -0.274. The van der Waals surface area contributed by atoms with Crippen LogP contribution in [0.15, 0.2) is 78.9 Å². The summed E-state index contributed by atoms with van der Waals surface area (Å²) in [7, 11) is 0. The Hall–Kier alpha value is -3.52. The molecule has 2 N–H and O–H groups in total. The predicted octanol–water partition coefficient (Wildman–Crippen LogP) is 5.16. The van der Waals surface area contributed by atoms with E-state index >= 15 is 0 Å². The van der Waals surface area contributed by atoms with Gasteiger partial charge in [-0.15, -0.1) is 13.2 Å². The van der Waals surface area contributed by atoms with Crippen molar-refractivity contribution in [3.63, 3.8) is 0 Å². The minimum absolute atomic E-state index is 0.206. The molecule has 0 radical (unpaired) electrons. The van der Waals surface area contributed by atoms with E-state index < -0.39 is 6.36 Å². The zero-order chi connectivity index (χ0) is 23.7. The molecule has 3 rings (SSSR count). The summed E-state index contributed by atoms with van der Waals surface area (Å²) >= 11 is 0. The summed E-state index contributed by atoms with van der Waals surface area (Å²) in [6.45, 7) is 1.31. The molecule has 174 valence electrons. The molecule has 0 spiro atoms. The molecular formula is C25H25F3N2O3. The number of hydrogen-bond donors (Lipinski definition) is 1. The predicted molar refractivity (Wildman–Crippen MR) is 119 cm³/mol. The number of nitrogens with two attached hydrogens (primary N) is 1. The Morgan fingerprint density at radius 1 is 0.879 bits per heavy atom. The molecular weight excluding hydrogens is 433 g/mol. The van der Waals surface area contributed by atoms with Gasteiger partial charge in [-0.3, -0.25) is 4.79 Å². The molecule has 0 heterocycles. The lowest BCUT2D eigenvalue weighted by Gasteiger charge is -2.24. The molecule has 5 nitrogen and oxygen atoms in total. The lowest BCUT2D eigenvalue weighted by Crippen LogP contribution is -2.32. The fourth-order valence-electron chi connectivity index (χ4n) is 3.23. The molecule has 0 aromatic heterocycles. The third-order valence-corrected chi connectivity index (χ3v) is 4.80. The quantitative estimate of drug-likeness (QED) is 0.456.